The summed E-state index contributed by atoms with van der Waals surface area (Å²) in [4.78, 5) is 21.5. The quantitative estimate of drug-likeness (QED) is 0.329. The zero-order valence-corrected chi connectivity index (χ0v) is 8.83. The summed E-state index contributed by atoms with van der Waals surface area (Å²) < 4.78 is 4.86. The lowest BCUT2D eigenvalue weighted by atomic mass is 10.2. The number of hydrogen-bond donors (Lipinski definition) is 1. The van der Waals surface area contributed by atoms with Crippen molar-refractivity contribution in [3.05, 3.63) is 16.4 Å². The summed E-state index contributed by atoms with van der Waals surface area (Å²) in [7, 11) is 0. The summed E-state index contributed by atoms with van der Waals surface area (Å²) in [5, 5.41) is 11.6. The zero-order valence-electron chi connectivity index (χ0n) is 8.83. The molecule has 0 aromatic rings. The van der Waals surface area contributed by atoms with Crippen molar-refractivity contribution in [2.45, 2.75) is 39.7 Å². The van der Waals surface area contributed by atoms with E-state index in [1.807, 2.05) is 0 Å². The largest absolute Gasteiger partial charge is 0.510 e. The molecular weight excluding hydrogens is 186 g/mol. The lowest BCUT2D eigenvalue weighted by Gasteiger charge is -2.18. The van der Waals surface area contributed by atoms with Gasteiger partial charge in [0.1, 0.15) is 11.4 Å². The molecule has 0 aliphatic heterocycles. The first-order chi connectivity index (χ1) is 6.31. The molecule has 0 atom stereocenters. The average Bonchev–Trinajstić information content (AvgIpc) is 2.01. The monoisotopic (exact) mass is 201 g/mol. The third kappa shape index (κ3) is 4.02. The van der Waals surface area contributed by atoms with Crippen LogP contribution in [0.25, 0.3) is 0 Å². The van der Waals surface area contributed by atoms with Crippen LogP contribution in [0.2, 0.25) is 0 Å². The van der Waals surface area contributed by atoms with Crippen molar-refractivity contribution >= 4 is 5.97 Å². The molecule has 0 heterocycles. The van der Waals surface area contributed by atoms with E-state index in [0.717, 1.165) is 0 Å². The maximum absolute atomic E-state index is 11.3. The highest BCUT2D eigenvalue weighted by atomic mass is 16.6. The van der Waals surface area contributed by atoms with Gasteiger partial charge in [0, 0.05) is 6.42 Å². The summed E-state index contributed by atoms with van der Waals surface area (Å²) in [5.74, 6) is -1.25. The van der Waals surface area contributed by atoms with Gasteiger partial charge in [-0.05, 0) is 25.9 Å². The first-order valence-corrected chi connectivity index (χ1v) is 4.30. The maximum atomic E-state index is 11.3. The number of esters is 1. The third-order valence-corrected chi connectivity index (χ3v) is 1.29. The predicted octanol–water partition coefficient (Wildman–Crippen LogP) is 2.27. The van der Waals surface area contributed by atoms with Gasteiger partial charge in [0.25, 0.3) is 0 Å². The topological polar surface area (TPSA) is 76.0 Å². The van der Waals surface area contributed by atoms with Crippen LogP contribution in [0.15, 0.2) is 16.6 Å². The van der Waals surface area contributed by atoms with Gasteiger partial charge >= 0.3 is 5.97 Å². The van der Waals surface area contributed by atoms with Gasteiger partial charge in [0.2, 0.25) is 5.70 Å². The fourth-order valence-electron chi connectivity index (χ4n) is 0.702. The van der Waals surface area contributed by atoms with Crippen molar-refractivity contribution < 1.29 is 14.6 Å². The molecule has 0 aliphatic rings. The third-order valence-electron chi connectivity index (χ3n) is 1.29. The van der Waals surface area contributed by atoms with Gasteiger partial charge in [-0.15, -0.1) is 4.91 Å². The van der Waals surface area contributed by atoms with Gasteiger partial charge in [0.05, 0.1) is 0 Å². The molecule has 0 spiro atoms. The molecule has 0 aromatic carbocycles. The van der Waals surface area contributed by atoms with Gasteiger partial charge in [-0.25, -0.2) is 4.79 Å². The van der Waals surface area contributed by atoms with Crippen molar-refractivity contribution in [3.8, 4) is 0 Å². The molecule has 0 saturated carbocycles. The number of nitrogens with zero attached hydrogens (tertiary/aromatic N) is 1. The van der Waals surface area contributed by atoms with Crippen LogP contribution in [-0.4, -0.2) is 16.7 Å². The van der Waals surface area contributed by atoms with Crippen molar-refractivity contribution in [2.24, 2.45) is 5.18 Å². The van der Waals surface area contributed by atoms with E-state index in [1.54, 1.807) is 27.7 Å². The standard InChI is InChI=1S/C9H15NO4/c1-5-6(11)7(10-13)8(12)14-9(2,3)4/h11H,5H2,1-4H3/b7-6+. The molecule has 0 aliphatic carbocycles. The SMILES string of the molecule is CC/C(O)=C(\N=O)C(=O)OC(C)(C)C. The highest BCUT2D eigenvalue weighted by Gasteiger charge is 2.23. The van der Waals surface area contributed by atoms with Crippen LogP contribution in [0.3, 0.4) is 0 Å². The number of ether oxygens (including phenoxy) is 1. The Hall–Kier alpha value is -1.39. The minimum atomic E-state index is -0.896. The number of carbonyl (C=O) groups is 1. The van der Waals surface area contributed by atoms with Crippen LogP contribution in [0, 0.1) is 4.91 Å². The summed E-state index contributed by atoms with van der Waals surface area (Å²) in [6.07, 6.45) is 0.167. The van der Waals surface area contributed by atoms with E-state index in [9.17, 15) is 9.70 Å². The molecule has 0 amide bonds. The maximum Gasteiger partial charge on any atom is 0.364 e. The molecule has 5 nitrogen and oxygen atoms in total. The average molecular weight is 201 g/mol. The Morgan fingerprint density at radius 2 is 1.93 bits per heavy atom. The van der Waals surface area contributed by atoms with Crippen molar-refractivity contribution in [2.75, 3.05) is 0 Å². The fourth-order valence-corrected chi connectivity index (χ4v) is 0.702. The lowest BCUT2D eigenvalue weighted by molar-refractivity contribution is -0.150. The number of aliphatic hydroxyl groups is 1. The molecule has 0 radical (unpaired) electrons. The molecule has 0 rings (SSSR count). The Bertz CT molecular complexity index is 262. The Morgan fingerprint density at radius 1 is 1.43 bits per heavy atom. The van der Waals surface area contributed by atoms with Crippen LogP contribution in [0.5, 0.6) is 0 Å². The Kier molecular flexibility index (Phi) is 4.27. The second-order valence-corrected chi connectivity index (χ2v) is 3.74. The van der Waals surface area contributed by atoms with Gasteiger partial charge in [-0.3, -0.25) is 0 Å². The number of carbonyl (C=O) groups excluding carboxylic acids is 1. The van der Waals surface area contributed by atoms with Crippen molar-refractivity contribution in [3.63, 3.8) is 0 Å². The van der Waals surface area contributed by atoms with Crippen LogP contribution >= 0.6 is 0 Å². The molecule has 0 fully saturated rings. The van der Waals surface area contributed by atoms with E-state index in [0.29, 0.717) is 0 Å². The van der Waals surface area contributed by atoms with Crippen molar-refractivity contribution in [1.82, 2.24) is 0 Å². The number of nitroso groups, excluding NO2 is 1. The molecule has 1 N–H and O–H groups in total. The minimum Gasteiger partial charge on any atom is -0.510 e. The number of hydrogen-bond acceptors (Lipinski definition) is 5. The summed E-state index contributed by atoms with van der Waals surface area (Å²) in [6.45, 7) is 6.59. The van der Waals surface area contributed by atoms with E-state index < -0.39 is 17.3 Å². The predicted molar refractivity (Wildman–Crippen MR) is 51.6 cm³/mol. The van der Waals surface area contributed by atoms with Crippen LogP contribution in [0.4, 0.5) is 0 Å². The Balaban J connectivity index is 4.74. The molecular formula is C9H15NO4. The molecule has 0 saturated heterocycles. The van der Waals surface area contributed by atoms with Gasteiger partial charge in [0.15, 0.2) is 0 Å². The number of aliphatic hydroxyl groups excluding tert-OH is 1. The van der Waals surface area contributed by atoms with Crippen LogP contribution < -0.4 is 0 Å². The smallest absolute Gasteiger partial charge is 0.364 e. The first kappa shape index (κ1) is 12.6. The molecule has 80 valence electrons. The lowest BCUT2D eigenvalue weighted by Crippen LogP contribution is -2.25. The van der Waals surface area contributed by atoms with Gasteiger partial charge in [-0.1, -0.05) is 6.92 Å². The molecule has 14 heavy (non-hydrogen) atoms. The van der Waals surface area contributed by atoms with E-state index in [-0.39, 0.29) is 12.2 Å². The van der Waals surface area contributed by atoms with E-state index in [1.165, 1.54) is 0 Å². The second-order valence-electron chi connectivity index (χ2n) is 3.74. The number of rotatable bonds is 3. The highest BCUT2D eigenvalue weighted by Crippen LogP contribution is 2.14. The second kappa shape index (κ2) is 4.74. The van der Waals surface area contributed by atoms with Crippen LogP contribution in [0.1, 0.15) is 34.1 Å². The van der Waals surface area contributed by atoms with Gasteiger partial charge in [-0.2, -0.15) is 0 Å². The molecule has 5 heteroatoms. The molecule has 0 unspecified atom stereocenters. The van der Waals surface area contributed by atoms with Crippen LogP contribution in [-0.2, 0) is 9.53 Å². The highest BCUT2D eigenvalue weighted by molar-refractivity contribution is 5.88. The van der Waals surface area contributed by atoms with E-state index >= 15 is 0 Å². The van der Waals surface area contributed by atoms with E-state index in [2.05, 4.69) is 5.18 Å². The van der Waals surface area contributed by atoms with E-state index in [4.69, 9.17) is 9.84 Å². The molecule has 0 bridgehead atoms. The normalized spacial score (nSPS) is 13.1. The van der Waals surface area contributed by atoms with Crippen molar-refractivity contribution in [1.29, 1.82) is 0 Å². The first-order valence-electron chi connectivity index (χ1n) is 4.30. The van der Waals surface area contributed by atoms with Gasteiger partial charge < -0.3 is 9.84 Å². The summed E-state index contributed by atoms with van der Waals surface area (Å²) in [6, 6.07) is 0. The minimum absolute atomic E-state index is 0.167. The number of allylic oxidation sites excluding steroid dienone is 1. The Morgan fingerprint density at radius 3 is 2.21 bits per heavy atom. The fraction of sp³-hybridized carbons (Fsp3) is 0.667. The zero-order chi connectivity index (χ0) is 11.4. The summed E-state index contributed by atoms with van der Waals surface area (Å²) >= 11 is 0. The summed E-state index contributed by atoms with van der Waals surface area (Å²) in [5.41, 5.74) is -1.26. The molecule has 0 aromatic heterocycles. The Labute approximate surface area is 82.7 Å².